The molecule has 0 saturated carbocycles. The first-order chi connectivity index (χ1) is 8.24. The molecule has 0 bridgehead atoms. The summed E-state index contributed by atoms with van der Waals surface area (Å²) in [5, 5.41) is 4.99. The number of rotatable bonds is 5. The summed E-state index contributed by atoms with van der Waals surface area (Å²) in [5.41, 5.74) is 2.69. The molecule has 92 valence electrons. The van der Waals surface area contributed by atoms with Crippen molar-refractivity contribution in [1.29, 1.82) is 0 Å². The molecular formula is C13H17NO3. The lowest BCUT2D eigenvalue weighted by Crippen LogP contribution is -2.06. The molecule has 0 atom stereocenters. The average molecular weight is 235 g/mol. The van der Waals surface area contributed by atoms with Gasteiger partial charge in [-0.05, 0) is 32.9 Å². The van der Waals surface area contributed by atoms with Crippen molar-refractivity contribution in [3.05, 3.63) is 23.4 Å². The molecule has 2 aromatic rings. The van der Waals surface area contributed by atoms with Crippen LogP contribution in [0.2, 0.25) is 0 Å². The molecule has 0 aliphatic heterocycles. The Morgan fingerprint density at radius 1 is 1.24 bits per heavy atom. The van der Waals surface area contributed by atoms with Gasteiger partial charge in [0, 0.05) is 17.6 Å². The number of fused-ring (bicyclic) bond motifs is 1. The molecule has 0 saturated heterocycles. The zero-order chi connectivity index (χ0) is 12.3. The minimum Gasteiger partial charge on any atom is -0.491 e. The molecule has 1 aromatic heterocycles. The van der Waals surface area contributed by atoms with Crippen molar-refractivity contribution in [2.75, 3.05) is 19.8 Å². The largest absolute Gasteiger partial charge is 0.491 e. The van der Waals surface area contributed by atoms with Crippen LogP contribution in [0.15, 0.2) is 16.7 Å². The van der Waals surface area contributed by atoms with Gasteiger partial charge in [0.05, 0.1) is 12.3 Å². The molecule has 4 nitrogen and oxygen atoms in total. The molecule has 2 rings (SSSR count). The summed E-state index contributed by atoms with van der Waals surface area (Å²) in [6.45, 7) is 7.73. The monoisotopic (exact) mass is 235 g/mol. The molecule has 0 unspecified atom stereocenters. The second kappa shape index (κ2) is 5.19. The van der Waals surface area contributed by atoms with Gasteiger partial charge in [-0.15, -0.1) is 0 Å². The van der Waals surface area contributed by atoms with Crippen LogP contribution in [0.25, 0.3) is 11.0 Å². The quantitative estimate of drug-likeness (QED) is 0.747. The molecule has 1 aromatic carbocycles. The number of hydrogen-bond donors (Lipinski definition) is 0. The van der Waals surface area contributed by atoms with Gasteiger partial charge in [0.1, 0.15) is 12.4 Å². The summed E-state index contributed by atoms with van der Waals surface area (Å²) in [6, 6.07) is 3.93. The van der Waals surface area contributed by atoms with Crippen LogP contribution < -0.4 is 4.74 Å². The molecule has 17 heavy (non-hydrogen) atoms. The molecule has 0 fully saturated rings. The van der Waals surface area contributed by atoms with E-state index in [-0.39, 0.29) is 0 Å². The third-order valence-corrected chi connectivity index (χ3v) is 2.71. The molecule has 0 amide bonds. The summed E-state index contributed by atoms with van der Waals surface area (Å²) in [4.78, 5) is 0. The van der Waals surface area contributed by atoms with Crippen molar-refractivity contribution < 1.29 is 14.0 Å². The smallest absolute Gasteiger partial charge is 0.173 e. The van der Waals surface area contributed by atoms with Gasteiger partial charge in [0.15, 0.2) is 5.58 Å². The molecule has 0 radical (unpaired) electrons. The van der Waals surface area contributed by atoms with Gasteiger partial charge in [0.25, 0.3) is 0 Å². The van der Waals surface area contributed by atoms with Gasteiger partial charge < -0.3 is 14.0 Å². The fourth-order valence-electron chi connectivity index (χ4n) is 1.75. The topological polar surface area (TPSA) is 44.5 Å². The van der Waals surface area contributed by atoms with Crippen LogP contribution in [-0.4, -0.2) is 25.0 Å². The van der Waals surface area contributed by atoms with Crippen molar-refractivity contribution in [3.63, 3.8) is 0 Å². The van der Waals surface area contributed by atoms with Gasteiger partial charge in [0.2, 0.25) is 0 Å². The number of hydrogen-bond acceptors (Lipinski definition) is 4. The van der Waals surface area contributed by atoms with Crippen molar-refractivity contribution in [3.8, 4) is 5.75 Å². The van der Waals surface area contributed by atoms with E-state index in [1.54, 1.807) is 0 Å². The number of benzene rings is 1. The molecule has 0 N–H and O–H groups in total. The lowest BCUT2D eigenvalue weighted by Gasteiger charge is -2.08. The predicted octanol–water partition coefficient (Wildman–Crippen LogP) is 2.86. The van der Waals surface area contributed by atoms with Gasteiger partial charge >= 0.3 is 0 Å². The Bertz CT molecular complexity index is 505. The van der Waals surface area contributed by atoms with Crippen LogP contribution >= 0.6 is 0 Å². The van der Waals surface area contributed by atoms with E-state index in [4.69, 9.17) is 14.0 Å². The first-order valence-electron chi connectivity index (χ1n) is 5.80. The molecule has 0 spiro atoms. The van der Waals surface area contributed by atoms with Crippen LogP contribution in [0, 0.1) is 13.8 Å². The molecule has 1 heterocycles. The third-order valence-electron chi connectivity index (χ3n) is 2.71. The molecule has 4 heteroatoms. The zero-order valence-electron chi connectivity index (χ0n) is 10.4. The van der Waals surface area contributed by atoms with Gasteiger partial charge in [-0.2, -0.15) is 0 Å². The standard InChI is InChI=1S/C13H17NO3/c1-4-15-7-8-16-12-6-5-11-10(3)14-17-13(11)9(12)2/h5-6H,4,7-8H2,1-3H3. The summed E-state index contributed by atoms with van der Waals surface area (Å²) in [7, 11) is 0. The summed E-state index contributed by atoms with van der Waals surface area (Å²) >= 11 is 0. The summed E-state index contributed by atoms with van der Waals surface area (Å²) in [5.74, 6) is 0.827. The Labute approximate surface area is 100 Å². The second-order valence-electron chi connectivity index (χ2n) is 3.88. The highest BCUT2D eigenvalue weighted by Gasteiger charge is 2.10. The summed E-state index contributed by atoms with van der Waals surface area (Å²) < 4.78 is 16.2. The van der Waals surface area contributed by atoms with E-state index in [1.165, 1.54) is 0 Å². The fourth-order valence-corrected chi connectivity index (χ4v) is 1.75. The fraction of sp³-hybridized carbons (Fsp3) is 0.462. The molecule has 0 aliphatic carbocycles. The highest BCUT2D eigenvalue weighted by molar-refractivity contribution is 5.84. The van der Waals surface area contributed by atoms with Gasteiger partial charge in [-0.25, -0.2) is 0 Å². The van der Waals surface area contributed by atoms with E-state index in [2.05, 4.69) is 5.16 Å². The van der Waals surface area contributed by atoms with E-state index in [0.29, 0.717) is 19.8 Å². The predicted molar refractivity (Wildman–Crippen MR) is 65.5 cm³/mol. The van der Waals surface area contributed by atoms with Gasteiger partial charge in [-0.1, -0.05) is 5.16 Å². The zero-order valence-corrected chi connectivity index (χ0v) is 10.4. The van der Waals surface area contributed by atoms with Crippen molar-refractivity contribution in [1.82, 2.24) is 5.16 Å². The highest BCUT2D eigenvalue weighted by Crippen LogP contribution is 2.28. The van der Waals surface area contributed by atoms with E-state index in [0.717, 1.165) is 28.0 Å². The molecular weight excluding hydrogens is 218 g/mol. The van der Waals surface area contributed by atoms with E-state index < -0.39 is 0 Å². The van der Waals surface area contributed by atoms with Crippen molar-refractivity contribution >= 4 is 11.0 Å². The summed E-state index contributed by atoms with van der Waals surface area (Å²) in [6.07, 6.45) is 0. The maximum atomic E-state index is 5.64. The lowest BCUT2D eigenvalue weighted by atomic mass is 10.1. The first-order valence-corrected chi connectivity index (χ1v) is 5.80. The number of ether oxygens (including phenoxy) is 2. The minimum atomic E-state index is 0.549. The van der Waals surface area contributed by atoms with E-state index >= 15 is 0 Å². The Morgan fingerprint density at radius 2 is 2.06 bits per heavy atom. The number of nitrogens with zero attached hydrogens (tertiary/aromatic N) is 1. The van der Waals surface area contributed by atoms with E-state index in [9.17, 15) is 0 Å². The number of aromatic nitrogens is 1. The van der Waals surface area contributed by atoms with E-state index in [1.807, 2.05) is 32.9 Å². The Morgan fingerprint density at radius 3 is 2.82 bits per heavy atom. The minimum absolute atomic E-state index is 0.549. The highest BCUT2D eigenvalue weighted by atomic mass is 16.5. The maximum Gasteiger partial charge on any atom is 0.173 e. The van der Waals surface area contributed by atoms with Gasteiger partial charge in [-0.3, -0.25) is 0 Å². The van der Waals surface area contributed by atoms with Crippen LogP contribution in [0.4, 0.5) is 0 Å². The van der Waals surface area contributed by atoms with Crippen molar-refractivity contribution in [2.45, 2.75) is 20.8 Å². The maximum absolute atomic E-state index is 5.64. The first kappa shape index (κ1) is 11.9. The number of aryl methyl sites for hydroxylation is 2. The third kappa shape index (κ3) is 2.42. The lowest BCUT2D eigenvalue weighted by molar-refractivity contribution is 0.110. The normalized spacial score (nSPS) is 11.0. The SMILES string of the molecule is CCOCCOc1ccc2c(C)noc2c1C. The average Bonchev–Trinajstić information content (AvgIpc) is 2.70. The van der Waals surface area contributed by atoms with Crippen LogP contribution in [0.5, 0.6) is 5.75 Å². The van der Waals surface area contributed by atoms with Crippen LogP contribution in [0.3, 0.4) is 0 Å². The van der Waals surface area contributed by atoms with Crippen LogP contribution in [-0.2, 0) is 4.74 Å². The van der Waals surface area contributed by atoms with Crippen LogP contribution in [0.1, 0.15) is 18.2 Å². The second-order valence-corrected chi connectivity index (χ2v) is 3.88. The Kier molecular flexibility index (Phi) is 3.64. The Balaban J connectivity index is 2.15. The molecule has 0 aliphatic rings. The van der Waals surface area contributed by atoms with Crippen molar-refractivity contribution in [2.24, 2.45) is 0 Å². The Hall–Kier alpha value is -1.55.